The Balaban J connectivity index is 0.00000385. The molecule has 0 bridgehead atoms. The minimum atomic E-state index is -0.319. The normalized spacial score (nSPS) is 15.8. The van der Waals surface area contributed by atoms with Crippen LogP contribution in [-0.2, 0) is 9.53 Å². The van der Waals surface area contributed by atoms with Crippen LogP contribution in [0.25, 0.3) is 0 Å². The van der Waals surface area contributed by atoms with Crippen molar-refractivity contribution < 1.29 is 14.6 Å². The summed E-state index contributed by atoms with van der Waals surface area (Å²) in [5.41, 5.74) is 2.03. The molecule has 3 N–H and O–H groups in total. The van der Waals surface area contributed by atoms with Crippen LogP contribution in [0.15, 0.2) is 65.7 Å². The number of hydrogen-bond donors (Lipinski definition) is 3. The molecule has 2 unspecified atom stereocenters. The Hall–Kier alpha value is -2.17. The Bertz CT molecular complexity index is 845. The van der Waals surface area contributed by atoms with Gasteiger partial charge in [-0.1, -0.05) is 60.7 Å². The lowest BCUT2D eigenvalue weighted by molar-refractivity contribution is -0.136. The lowest BCUT2D eigenvalue weighted by Gasteiger charge is -2.31. The molecule has 180 valence electrons. The number of aliphatic imine (C=N–C) groups is 1. The number of nitrogens with one attached hydrogen (secondary N) is 2. The first-order valence-corrected chi connectivity index (χ1v) is 11.3. The van der Waals surface area contributed by atoms with Gasteiger partial charge in [-0.3, -0.25) is 9.79 Å². The van der Waals surface area contributed by atoms with Gasteiger partial charge in [-0.15, -0.1) is 24.0 Å². The van der Waals surface area contributed by atoms with Crippen molar-refractivity contribution in [2.75, 3.05) is 52.5 Å². The Labute approximate surface area is 213 Å². The van der Waals surface area contributed by atoms with Crippen LogP contribution in [0, 0.1) is 0 Å². The van der Waals surface area contributed by atoms with Gasteiger partial charge < -0.3 is 25.4 Å². The number of amides is 1. The topological polar surface area (TPSA) is 86.2 Å². The fraction of sp³-hybridized carbons (Fsp3) is 0.440. The van der Waals surface area contributed by atoms with Gasteiger partial charge in [0.25, 0.3) is 0 Å². The van der Waals surface area contributed by atoms with Gasteiger partial charge in [0.05, 0.1) is 32.3 Å². The number of benzene rings is 2. The van der Waals surface area contributed by atoms with Crippen LogP contribution in [0.5, 0.6) is 0 Å². The highest BCUT2D eigenvalue weighted by Crippen LogP contribution is 2.19. The summed E-state index contributed by atoms with van der Waals surface area (Å²) < 4.78 is 5.41. The summed E-state index contributed by atoms with van der Waals surface area (Å²) in [6, 6.07) is 19.8. The zero-order valence-electron chi connectivity index (χ0n) is 19.2. The third kappa shape index (κ3) is 8.28. The van der Waals surface area contributed by atoms with E-state index in [4.69, 9.17) is 4.74 Å². The monoisotopic (exact) mass is 566 g/mol. The van der Waals surface area contributed by atoms with Crippen LogP contribution in [0.2, 0.25) is 0 Å². The molecule has 0 aromatic heterocycles. The number of halogens is 1. The van der Waals surface area contributed by atoms with E-state index in [0.717, 1.165) is 11.1 Å². The van der Waals surface area contributed by atoms with Crippen molar-refractivity contribution in [1.82, 2.24) is 15.5 Å². The van der Waals surface area contributed by atoms with Crippen molar-refractivity contribution in [3.05, 3.63) is 71.8 Å². The van der Waals surface area contributed by atoms with Crippen LogP contribution in [0.3, 0.4) is 0 Å². The predicted molar refractivity (Wildman–Crippen MR) is 142 cm³/mol. The molecule has 0 radical (unpaired) electrons. The van der Waals surface area contributed by atoms with E-state index in [2.05, 4.69) is 15.6 Å². The van der Waals surface area contributed by atoms with Gasteiger partial charge in [-0.2, -0.15) is 0 Å². The molecule has 3 rings (SSSR count). The van der Waals surface area contributed by atoms with Gasteiger partial charge in [0, 0.05) is 32.1 Å². The number of morpholine rings is 1. The van der Waals surface area contributed by atoms with E-state index >= 15 is 0 Å². The second kappa shape index (κ2) is 14.9. The number of guanidine groups is 1. The van der Waals surface area contributed by atoms with Gasteiger partial charge >= 0.3 is 0 Å². The Kier molecular flexibility index (Phi) is 12.2. The van der Waals surface area contributed by atoms with Crippen molar-refractivity contribution >= 4 is 35.8 Å². The van der Waals surface area contributed by atoms with E-state index in [9.17, 15) is 9.90 Å². The molecule has 2 aromatic carbocycles. The minimum absolute atomic E-state index is 0. The Morgan fingerprint density at radius 2 is 1.64 bits per heavy atom. The van der Waals surface area contributed by atoms with Gasteiger partial charge in [-0.05, 0) is 18.1 Å². The second-order valence-corrected chi connectivity index (χ2v) is 7.79. The first-order chi connectivity index (χ1) is 15.7. The quantitative estimate of drug-likeness (QED) is 0.247. The van der Waals surface area contributed by atoms with Gasteiger partial charge in [0.2, 0.25) is 5.91 Å². The third-order valence-electron chi connectivity index (χ3n) is 5.60. The number of aliphatic hydroxyl groups is 1. The lowest BCUT2D eigenvalue weighted by Crippen LogP contribution is -2.47. The van der Waals surface area contributed by atoms with E-state index in [1.165, 1.54) is 0 Å². The number of carbonyl (C=O) groups is 1. The summed E-state index contributed by atoms with van der Waals surface area (Å²) in [7, 11) is 0. The van der Waals surface area contributed by atoms with Crippen molar-refractivity contribution in [2.24, 2.45) is 4.99 Å². The van der Waals surface area contributed by atoms with E-state index in [-0.39, 0.29) is 48.3 Å². The third-order valence-corrected chi connectivity index (χ3v) is 5.60. The smallest absolute Gasteiger partial charge is 0.232 e. The molecular weight excluding hydrogens is 531 g/mol. The molecule has 1 fully saturated rings. The number of ether oxygens (including phenoxy) is 1. The highest BCUT2D eigenvalue weighted by molar-refractivity contribution is 14.0. The Morgan fingerprint density at radius 3 is 2.21 bits per heavy atom. The van der Waals surface area contributed by atoms with Crippen molar-refractivity contribution in [3.63, 3.8) is 0 Å². The van der Waals surface area contributed by atoms with E-state index in [1.807, 2.05) is 72.5 Å². The SMILES string of the molecule is CCNC(=NCC(CO)c1ccccc1)NCC(C(=O)N1CCOCC1)c1ccccc1.I. The van der Waals surface area contributed by atoms with Gasteiger partial charge in [0.15, 0.2) is 5.96 Å². The highest BCUT2D eigenvalue weighted by atomic mass is 127. The maximum atomic E-state index is 13.3. The van der Waals surface area contributed by atoms with Crippen LogP contribution in [0.4, 0.5) is 0 Å². The molecule has 0 spiro atoms. The van der Waals surface area contributed by atoms with E-state index < -0.39 is 0 Å². The zero-order chi connectivity index (χ0) is 22.6. The number of rotatable bonds is 9. The van der Waals surface area contributed by atoms with Crippen LogP contribution < -0.4 is 10.6 Å². The van der Waals surface area contributed by atoms with Gasteiger partial charge in [0.1, 0.15) is 0 Å². The van der Waals surface area contributed by atoms with E-state index in [1.54, 1.807) is 0 Å². The average Bonchev–Trinajstić information content (AvgIpc) is 2.86. The van der Waals surface area contributed by atoms with Gasteiger partial charge in [-0.25, -0.2) is 0 Å². The van der Waals surface area contributed by atoms with Crippen LogP contribution in [0.1, 0.15) is 29.9 Å². The first-order valence-electron chi connectivity index (χ1n) is 11.3. The number of carbonyl (C=O) groups excluding carboxylic acids is 1. The highest BCUT2D eigenvalue weighted by Gasteiger charge is 2.27. The van der Waals surface area contributed by atoms with Crippen molar-refractivity contribution in [2.45, 2.75) is 18.8 Å². The molecule has 1 aliphatic rings. The minimum Gasteiger partial charge on any atom is -0.396 e. The predicted octanol–water partition coefficient (Wildman–Crippen LogP) is 2.58. The number of nitrogens with zero attached hydrogens (tertiary/aromatic N) is 2. The summed E-state index contributed by atoms with van der Waals surface area (Å²) in [5.74, 6) is 0.338. The molecule has 1 saturated heterocycles. The number of aliphatic hydroxyl groups excluding tert-OH is 1. The molecule has 1 aliphatic heterocycles. The zero-order valence-corrected chi connectivity index (χ0v) is 21.5. The second-order valence-electron chi connectivity index (χ2n) is 7.79. The largest absolute Gasteiger partial charge is 0.396 e. The summed E-state index contributed by atoms with van der Waals surface area (Å²) in [6.07, 6.45) is 0. The maximum Gasteiger partial charge on any atom is 0.232 e. The fourth-order valence-electron chi connectivity index (χ4n) is 3.77. The molecule has 1 amide bonds. The molecule has 2 atom stereocenters. The molecule has 2 aromatic rings. The summed E-state index contributed by atoms with van der Waals surface area (Å²) in [4.78, 5) is 19.9. The van der Waals surface area contributed by atoms with E-state index in [0.29, 0.717) is 51.9 Å². The molecular formula is C25H35IN4O3. The molecule has 1 heterocycles. The molecule has 33 heavy (non-hydrogen) atoms. The fourth-order valence-corrected chi connectivity index (χ4v) is 3.77. The first kappa shape index (κ1) is 27.1. The summed E-state index contributed by atoms with van der Waals surface area (Å²) in [6.45, 7) is 6.00. The van der Waals surface area contributed by atoms with Crippen molar-refractivity contribution in [3.8, 4) is 0 Å². The summed E-state index contributed by atoms with van der Waals surface area (Å²) in [5, 5.41) is 16.4. The molecule has 0 aliphatic carbocycles. The standard InChI is InChI=1S/C25H34N4O3.HI/c1-2-26-25(27-17-22(19-30)20-9-5-3-6-10-20)28-18-23(21-11-7-4-8-12-21)24(31)29-13-15-32-16-14-29;/h3-12,22-23,30H,2,13-19H2,1H3,(H2,26,27,28);1H. The lowest BCUT2D eigenvalue weighted by atomic mass is 9.97. The van der Waals surface area contributed by atoms with Crippen LogP contribution >= 0.6 is 24.0 Å². The molecule has 8 heteroatoms. The summed E-state index contributed by atoms with van der Waals surface area (Å²) >= 11 is 0. The maximum absolute atomic E-state index is 13.3. The molecule has 0 saturated carbocycles. The number of hydrogen-bond acceptors (Lipinski definition) is 4. The Morgan fingerprint density at radius 1 is 1.03 bits per heavy atom. The molecule has 7 nitrogen and oxygen atoms in total. The van der Waals surface area contributed by atoms with Crippen molar-refractivity contribution in [1.29, 1.82) is 0 Å². The average molecular weight is 566 g/mol. The van der Waals surface area contributed by atoms with Crippen LogP contribution in [-0.4, -0.2) is 74.4 Å².